The molecule has 2 aliphatic rings. The first-order chi connectivity index (χ1) is 8.36. The Labute approximate surface area is 103 Å². The zero-order valence-corrected chi connectivity index (χ0v) is 10.4. The van der Waals surface area contributed by atoms with Crippen LogP contribution >= 0.6 is 0 Å². The monoisotopic (exact) mass is 234 g/mol. The van der Waals surface area contributed by atoms with Crippen LogP contribution < -0.4 is 5.73 Å². The van der Waals surface area contributed by atoms with Gasteiger partial charge in [0.2, 0.25) is 0 Å². The third-order valence-electron chi connectivity index (χ3n) is 4.42. The molecule has 2 aliphatic carbocycles. The van der Waals surface area contributed by atoms with E-state index in [9.17, 15) is 0 Å². The summed E-state index contributed by atoms with van der Waals surface area (Å²) >= 11 is 0. The Morgan fingerprint density at radius 1 is 0.941 bits per heavy atom. The number of nitrogens with zero attached hydrogens (tertiary/aromatic N) is 3. The fourth-order valence-corrected chi connectivity index (χ4v) is 3.16. The summed E-state index contributed by atoms with van der Waals surface area (Å²) in [5, 5.41) is 8.44. The van der Waals surface area contributed by atoms with Crippen molar-refractivity contribution in [2.24, 2.45) is 0 Å². The molecule has 3 rings (SSSR count). The number of nitrogen functional groups attached to an aromatic ring is 1. The molecule has 0 bridgehead atoms. The SMILES string of the molecule is Nc1nnn(C2CCCCCC2)c1C1CCC1. The lowest BCUT2D eigenvalue weighted by Gasteiger charge is -2.28. The summed E-state index contributed by atoms with van der Waals surface area (Å²) in [5.41, 5.74) is 7.24. The quantitative estimate of drug-likeness (QED) is 0.800. The van der Waals surface area contributed by atoms with Crippen LogP contribution in [0.3, 0.4) is 0 Å². The summed E-state index contributed by atoms with van der Waals surface area (Å²) in [5.74, 6) is 1.31. The van der Waals surface area contributed by atoms with Crippen LogP contribution in [-0.2, 0) is 0 Å². The highest BCUT2D eigenvalue weighted by Gasteiger charge is 2.29. The van der Waals surface area contributed by atoms with Gasteiger partial charge in [0.1, 0.15) is 0 Å². The molecule has 1 aromatic rings. The number of nitrogens with two attached hydrogens (primary N) is 1. The maximum atomic E-state index is 6.00. The van der Waals surface area contributed by atoms with Crippen molar-refractivity contribution >= 4 is 5.82 Å². The van der Waals surface area contributed by atoms with E-state index in [1.165, 1.54) is 63.5 Å². The zero-order chi connectivity index (χ0) is 11.7. The van der Waals surface area contributed by atoms with Crippen molar-refractivity contribution in [3.63, 3.8) is 0 Å². The van der Waals surface area contributed by atoms with Gasteiger partial charge >= 0.3 is 0 Å². The number of aromatic nitrogens is 3. The number of rotatable bonds is 2. The summed E-state index contributed by atoms with van der Waals surface area (Å²) < 4.78 is 2.17. The van der Waals surface area contributed by atoms with E-state index in [1.807, 2.05) is 0 Å². The van der Waals surface area contributed by atoms with Crippen LogP contribution in [0.2, 0.25) is 0 Å². The average Bonchev–Trinajstić information content (AvgIpc) is 2.53. The molecule has 0 amide bonds. The van der Waals surface area contributed by atoms with Crippen molar-refractivity contribution in [2.45, 2.75) is 69.7 Å². The summed E-state index contributed by atoms with van der Waals surface area (Å²) in [4.78, 5) is 0. The Morgan fingerprint density at radius 3 is 2.24 bits per heavy atom. The topological polar surface area (TPSA) is 56.7 Å². The minimum Gasteiger partial charge on any atom is -0.381 e. The lowest BCUT2D eigenvalue weighted by Crippen LogP contribution is -2.20. The van der Waals surface area contributed by atoms with Gasteiger partial charge in [0.15, 0.2) is 5.82 Å². The van der Waals surface area contributed by atoms with Crippen LogP contribution in [0.25, 0.3) is 0 Å². The third-order valence-corrected chi connectivity index (χ3v) is 4.42. The molecular formula is C13H22N4. The molecule has 2 N–H and O–H groups in total. The smallest absolute Gasteiger partial charge is 0.169 e. The Balaban J connectivity index is 1.85. The second-order valence-electron chi connectivity index (χ2n) is 5.58. The second-order valence-corrected chi connectivity index (χ2v) is 5.58. The predicted molar refractivity (Wildman–Crippen MR) is 67.8 cm³/mol. The molecular weight excluding hydrogens is 212 g/mol. The molecule has 4 heteroatoms. The van der Waals surface area contributed by atoms with Gasteiger partial charge in [0.25, 0.3) is 0 Å². The second kappa shape index (κ2) is 4.67. The van der Waals surface area contributed by atoms with E-state index in [4.69, 9.17) is 5.73 Å². The predicted octanol–water partition coefficient (Wildman–Crippen LogP) is 3.02. The van der Waals surface area contributed by atoms with E-state index in [2.05, 4.69) is 15.0 Å². The van der Waals surface area contributed by atoms with Gasteiger partial charge in [-0.2, -0.15) is 0 Å². The molecule has 0 aliphatic heterocycles. The van der Waals surface area contributed by atoms with Crippen LogP contribution in [0.1, 0.15) is 75.4 Å². The van der Waals surface area contributed by atoms with Gasteiger partial charge < -0.3 is 5.73 Å². The summed E-state index contributed by atoms with van der Waals surface area (Å²) in [6.07, 6.45) is 11.8. The molecule has 0 radical (unpaired) electrons. The minimum absolute atomic E-state index is 0.554. The van der Waals surface area contributed by atoms with Gasteiger partial charge in [-0.1, -0.05) is 37.3 Å². The molecule has 1 heterocycles. The van der Waals surface area contributed by atoms with E-state index < -0.39 is 0 Å². The third kappa shape index (κ3) is 2.05. The van der Waals surface area contributed by atoms with E-state index >= 15 is 0 Å². The van der Waals surface area contributed by atoms with Crippen LogP contribution in [0.5, 0.6) is 0 Å². The fourth-order valence-electron chi connectivity index (χ4n) is 3.16. The molecule has 0 aromatic carbocycles. The highest BCUT2D eigenvalue weighted by Crippen LogP contribution is 2.40. The molecule has 4 nitrogen and oxygen atoms in total. The van der Waals surface area contributed by atoms with Gasteiger partial charge in [-0.3, -0.25) is 0 Å². The Kier molecular flexibility index (Phi) is 3.04. The van der Waals surface area contributed by atoms with Crippen LogP contribution in [0.4, 0.5) is 5.82 Å². The van der Waals surface area contributed by atoms with Crippen molar-refractivity contribution in [3.8, 4) is 0 Å². The molecule has 0 saturated heterocycles. The standard InChI is InChI=1S/C13H22N4/c14-13-12(10-6-5-7-10)17(16-15-13)11-8-3-1-2-4-9-11/h10-11H,1-9,14H2. The van der Waals surface area contributed by atoms with E-state index in [0.717, 1.165) is 0 Å². The van der Waals surface area contributed by atoms with E-state index in [1.54, 1.807) is 0 Å². The highest BCUT2D eigenvalue weighted by molar-refractivity contribution is 5.37. The highest BCUT2D eigenvalue weighted by atomic mass is 15.5. The van der Waals surface area contributed by atoms with Crippen LogP contribution in [0.15, 0.2) is 0 Å². The molecule has 0 unspecified atom stereocenters. The summed E-state index contributed by atoms with van der Waals surface area (Å²) in [7, 11) is 0. The fraction of sp³-hybridized carbons (Fsp3) is 0.846. The van der Waals surface area contributed by atoms with Crippen molar-refractivity contribution in [1.82, 2.24) is 15.0 Å². The molecule has 0 spiro atoms. The maximum Gasteiger partial charge on any atom is 0.169 e. The lowest BCUT2D eigenvalue weighted by atomic mass is 9.82. The molecule has 0 atom stereocenters. The first-order valence-electron chi connectivity index (χ1n) is 7.07. The normalized spacial score (nSPS) is 23.3. The van der Waals surface area contributed by atoms with Crippen molar-refractivity contribution in [3.05, 3.63) is 5.69 Å². The van der Waals surface area contributed by atoms with Gasteiger partial charge in [-0.15, -0.1) is 5.10 Å². The number of hydrogen-bond acceptors (Lipinski definition) is 3. The van der Waals surface area contributed by atoms with Crippen LogP contribution in [0, 0.1) is 0 Å². The van der Waals surface area contributed by atoms with Gasteiger partial charge in [-0.05, 0) is 25.7 Å². The largest absolute Gasteiger partial charge is 0.381 e. The van der Waals surface area contributed by atoms with Crippen LogP contribution in [-0.4, -0.2) is 15.0 Å². The summed E-state index contributed by atoms with van der Waals surface area (Å²) in [6, 6.07) is 0.554. The van der Waals surface area contributed by atoms with Gasteiger partial charge in [-0.25, -0.2) is 4.68 Å². The minimum atomic E-state index is 0.554. The van der Waals surface area contributed by atoms with Crippen molar-refractivity contribution < 1.29 is 0 Å². The molecule has 2 saturated carbocycles. The Bertz CT molecular complexity index is 373. The molecule has 1 aromatic heterocycles. The number of anilines is 1. The Morgan fingerprint density at radius 2 is 1.65 bits per heavy atom. The number of hydrogen-bond donors (Lipinski definition) is 1. The Hall–Kier alpha value is -1.06. The molecule has 2 fully saturated rings. The van der Waals surface area contributed by atoms with Gasteiger partial charge in [0, 0.05) is 5.92 Å². The van der Waals surface area contributed by atoms with E-state index in [0.29, 0.717) is 17.8 Å². The molecule has 94 valence electrons. The van der Waals surface area contributed by atoms with Crippen molar-refractivity contribution in [2.75, 3.05) is 5.73 Å². The van der Waals surface area contributed by atoms with E-state index in [-0.39, 0.29) is 0 Å². The average molecular weight is 234 g/mol. The lowest BCUT2D eigenvalue weighted by molar-refractivity contribution is 0.338. The van der Waals surface area contributed by atoms with Gasteiger partial charge in [0.05, 0.1) is 11.7 Å². The zero-order valence-electron chi connectivity index (χ0n) is 10.4. The maximum absolute atomic E-state index is 6.00. The summed E-state index contributed by atoms with van der Waals surface area (Å²) in [6.45, 7) is 0. The van der Waals surface area contributed by atoms with Crippen molar-refractivity contribution in [1.29, 1.82) is 0 Å². The molecule has 17 heavy (non-hydrogen) atoms. The first-order valence-corrected chi connectivity index (χ1v) is 7.07. The first kappa shape index (κ1) is 11.1.